The van der Waals surface area contributed by atoms with Crippen molar-refractivity contribution in [3.63, 3.8) is 0 Å². The fourth-order valence-electron chi connectivity index (χ4n) is 1.39. The summed E-state index contributed by atoms with van der Waals surface area (Å²) in [4.78, 5) is 21.8. The molecule has 0 aromatic heterocycles. The summed E-state index contributed by atoms with van der Waals surface area (Å²) in [6.45, 7) is -0.896. The number of amides is 1. The molecule has 1 N–H and O–H groups in total. The van der Waals surface area contributed by atoms with Gasteiger partial charge in [0.25, 0.3) is 12.3 Å². The lowest BCUT2D eigenvalue weighted by atomic mass is 10.1. The number of hydrogen-bond acceptors (Lipinski definition) is 4. The average molecular weight is 309 g/mol. The van der Waals surface area contributed by atoms with Gasteiger partial charge in [0.1, 0.15) is 17.2 Å². The zero-order valence-corrected chi connectivity index (χ0v) is 10.9. The van der Waals surface area contributed by atoms with Crippen LogP contribution >= 0.6 is 11.6 Å². The molecule has 1 aromatic carbocycles. The molecule has 1 amide bonds. The highest BCUT2D eigenvalue weighted by Crippen LogP contribution is 2.27. The number of para-hydroxylation sites is 1. The first-order chi connectivity index (χ1) is 9.43. The van der Waals surface area contributed by atoms with Gasteiger partial charge in [-0.15, -0.1) is 0 Å². The molecule has 0 radical (unpaired) electrons. The van der Waals surface area contributed by atoms with Crippen LogP contribution in [0, 0.1) is 10.1 Å². The number of carbonyl (C=O) groups excluding carboxylic acids is 1. The predicted molar refractivity (Wildman–Crippen MR) is 67.3 cm³/mol. The molecule has 0 saturated carbocycles. The van der Waals surface area contributed by atoms with Crippen molar-refractivity contribution < 1.29 is 23.2 Å². The molecule has 0 aliphatic rings. The van der Waals surface area contributed by atoms with Crippen molar-refractivity contribution in [2.24, 2.45) is 0 Å². The van der Waals surface area contributed by atoms with Crippen LogP contribution in [0.5, 0.6) is 0 Å². The van der Waals surface area contributed by atoms with Crippen molar-refractivity contribution >= 4 is 23.2 Å². The lowest BCUT2D eigenvalue weighted by Gasteiger charge is -2.07. The van der Waals surface area contributed by atoms with Gasteiger partial charge < -0.3 is 10.1 Å². The van der Waals surface area contributed by atoms with E-state index in [1.54, 1.807) is 0 Å². The van der Waals surface area contributed by atoms with E-state index in [-0.39, 0.29) is 23.7 Å². The van der Waals surface area contributed by atoms with Crippen molar-refractivity contribution in [1.82, 2.24) is 5.32 Å². The van der Waals surface area contributed by atoms with Crippen LogP contribution in [0.1, 0.15) is 10.4 Å². The van der Waals surface area contributed by atoms with Gasteiger partial charge in [-0.05, 0) is 12.1 Å². The molecular weight excluding hydrogens is 298 g/mol. The number of benzene rings is 1. The number of nitro groups is 1. The Kier molecular flexibility index (Phi) is 6.26. The Hall–Kier alpha value is -1.80. The van der Waals surface area contributed by atoms with Crippen molar-refractivity contribution in [2.45, 2.75) is 6.43 Å². The van der Waals surface area contributed by atoms with Gasteiger partial charge in [0.05, 0.1) is 11.5 Å². The number of ether oxygens (including phenoxy) is 1. The molecule has 6 nitrogen and oxygen atoms in total. The van der Waals surface area contributed by atoms with Gasteiger partial charge in [-0.2, -0.15) is 0 Å². The van der Waals surface area contributed by atoms with E-state index >= 15 is 0 Å². The number of nitrogens with one attached hydrogen (secondary N) is 1. The summed E-state index contributed by atoms with van der Waals surface area (Å²) in [5.41, 5.74) is -0.698. The van der Waals surface area contributed by atoms with Crippen molar-refractivity contribution in [2.75, 3.05) is 19.8 Å². The van der Waals surface area contributed by atoms with Crippen molar-refractivity contribution in [3.05, 3.63) is 38.9 Å². The van der Waals surface area contributed by atoms with E-state index in [4.69, 9.17) is 11.6 Å². The number of carbonyl (C=O) groups is 1. The Morgan fingerprint density at radius 3 is 2.80 bits per heavy atom. The SMILES string of the molecule is O=C(NCCOCC(F)F)c1cccc(Cl)c1[N+](=O)[O-]. The summed E-state index contributed by atoms with van der Waals surface area (Å²) in [6.07, 6.45) is -2.58. The molecule has 0 spiro atoms. The van der Waals surface area contributed by atoms with Crippen LogP contribution in [0.2, 0.25) is 5.02 Å². The van der Waals surface area contributed by atoms with Gasteiger partial charge in [0.2, 0.25) is 0 Å². The third-order valence-electron chi connectivity index (χ3n) is 2.19. The second-order valence-electron chi connectivity index (χ2n) is 3.62. The lowest BCUT2D eigenvalue weighted by molar-refractivity contribution is -0.385. The molecule has 9 heteroatoms. The minimum absolute atomic E-state index is 0.0464. The van der Waals surface area contributed by atoms with E-state index < -0.39 is 29.6 Å². The number of hydrogen-bond donors (Lipinski definition) is 1. The number of alkyl halides is 2. The van der Waals surface area contributed by atoms with Gasteiger partial charge in [0.15, 0.2) is 0 Å². The van der Waals surface area contributed by atoms with Gasteiger partial charge >= 0.3 is 5.69 Å². The fraction of sp³-hybridized carbons (Fsp3) is 0.364. The Morgan fingerprint density at radius 2 is 2.20 bits per heavy atom. The summed E-state index contributed by atoms with van der Waals surface area (Å²) in [6, 6.07) is 3.94. The fourth-order valence-corrected chi connectivity index (χ4v) is 1.63. The van der Waals surface area contributed by atoms with Crippen molar-refractivity contribution in [3.8, 4) is 0 Å². The third kappa shape index (κ3) is 4.71. The Balaban J connectivity index is 2.60. The minimum Gasteiger partial charge on any atom is -0.374 e. The molecule has 20 heavy (non-hydrogen) atoms. The van der Waals surface area contributed by atoms with Crippen LogP contribution in [0.15, 0.2) is 18.2 Å². The standard InChI is InChI=1S/C11H11ClF2N2O4/c12-8-3-1-2-7(10(8)16(18)19)11(17)15-4-5-20-6-9(13)14/h1-3,9H,4-6H2,(H,15,17). The molecule has 0 bridgehead atoms. The monoisotopic (exact) mass is 308 g/mol. The second-order valence-corrected chi connectivity index (χ2v) is 4.02. The van der Waals surface area contributed by atoms with Crippen LogP contribution in [0.4, 0.5) is 14.5 Å². The number of rotatable bonds is 7. The minimum atomic E-state index is -2.58. The summed E-state index contributed by atoms with van der Waals surface area (Å²) in [7, 11) is 0. The largest absolute Gasteiger partial charge is 0.374 e. The highest BCUT2D eigenvalue weighted by atomic mass is 35.5. The van der Waals surface area contributed by atoms with Gasteiger partial charge in [-0.3, -0.25) is 14.9 Å². The van der Waals surface area contributed by atoms with Crippen molar-refractivity contribution in [1.29, 1.82) is 0 Å². The molecule has 1 rings (SSSR count). The smallest absolute Gasteiger partial charge is 0.300 e. The average Bonchev–Trinajstić information content (AvgIpc) is 2.36. The first-order valence-electron chi connectivity index (χ1n) is 5.50. The molecule has 0 atom stereocenters. The summed E-state index contributed by atoms with van der Waals surface area (Å²) in [5, 5.41) is 13.0. The molecule has 0 fully saturated rings. The molecule has 0 unspecified atom stereocenters. The van der Waals surface area contributed by atoms with E-state index in [1.165, 1.54) is 18.2 Å². The summed E-state index contributed by atoms with van der Waals surface area (Å²) < 4.78 is 28.1. The van der Waals surface area contributed by atoms with Crippen LogP contribution in [0.3, 0.4) is 0 Å². The van der Waals surface area contributed by atoms with E-state index in [0.717, 1.165) is 0 Å². The molecule has 0 saturated heterocycles. The first kappa shape index (κ1) is 16.3. The maximum atomic E-state index is 11.8. The maximum Gasteiger partial charge on any atom is 0.300 e. The quantitative estimate of drug-likeness (QED) is 0.476. The van der Waals surface area contributed by atoms with E-state index in [2.05, 4.69) is 10.1 Å². The number of nitro benzene ring substituents is 1. The molecule has 1 aromatic rings. The van der Waals surface area contributed by atoms with E-state index in [1.807, 2.05) is 0 Å². The zero-order chi connectivity index (χ0) is 15.1. The molecule has 110 valence electrons. The normalized spacial score (nSPS) is 10.6. The van der Waals surface area contributed by atoms with Gasteiger partial charge in [-0.25, -0.2) is 8.78 Å². The topological polar surface area (TPSA) is 81.5 Å². The molecule has 0 heterocycles. The molecule has 0 aliphatic heterocycles. The first-order valence-corrected chi connectivity index (χ1v) is 5.88. The zero-order valence-electron chi connectivity index (χ0n) is 10.1. The highest BCUT2D eigenvalue weighted by Gasteiger charge is 2.23. The summed E-state index contributed by atoms with van der Waals surface area (Å²) in [5.74, 6) is -0.722. The van der Waals surface area contributed by atoms with Crippen LogP contribution < -0.4 is 5.32 Å². The molecule has 0 aliphatic carbocycles. The Bertz CT molecular complexity index is 499. The Morgan fingerprint density at radius 1 is 1.50 bits per heavy atom. The van der Waals surface area contributed by atoms with Crippen LogP contribution in [-0.4, -0.2) is 37.0 Å². The Labute approximate surface area is 117 Å². The summed E-state index contributed by atoms with van der Waals surface area (Å²) >= 11 is 5.66. The highest BCUT2D eigenvalue weighted by molar-refractivity contribution is 6.33. The van der Waals surface area contributed by atoms with Gasteiger partial charge in [0, 0.05) is 6.54 Å². The van der Waals surface area contributed by atoms with Crippen LogP contribution in [-0.2, 0) is 4.74 Å². The molecular formula is C11H11ClF2N2O4. The lowest BCUT2D eigenvalue weighted by Crippen LogP contribution is -2.28. The second kappa shape index (κ2) is 7.71. The number of nitrogens with zero attached hydrogens (tertiary/aromatic N) is 1. The van der Waals surface area contributed by atoms with Crippen LogP contribution in [0.25, 0.3) is 0 Å². The maximum absolute atomic E-state index is 11.8. The van der Waals surface area contributed by atoms with E-state index in [9.17, 15) is 23.7 Å². The van der Waals surface area contributed by atoms with Gasteiger partial charge in [-0.1, -0.05) is 17.7 Å². The van der Waals surface area contributed by atoms with E-state index in [0.29, 0.717) is 0 Å². The predicted octanol–water partition coefficient (Wildman–Crippen LogP) is 2.26. The third-order valence-corrected chi connectivity index (χ3v) is 2.49. The number of halogens is 3.